The number of aromatic nitrogens is 2. The molecule has 1 aromatic heterocycles. The Bertz CT molecular complexity index is 545. The first-order chi connectivity index (χ1) is 8.16. The van der Waals surface area contributed by atoms with Crippen molar-refractivity contribution in [2.45, 2.75) is 6.42 Å². The first-order valence-electron chi connectivity index (χ1n) is 4.90. The summed E-state index contributed by atoms with van der Waals surface area (Å²) in [6.07, 6.45) is 2.73. The van der Waals surface area contributed by atoms with Gasteiger partial charge >= 0.3 is 0 Å². The fourth-order valence-corrected chi connectivity index (χ4v) is 1.60. The minimum absolute atomic E-state index is 0.0436. The third-order valence-electron chi connectivity index (χ3n) is 2.26. The minimum atomic E-state index is -0.440. The number of ketones is 1. The van der Waals surface area contributed by atoms with Crippen LogP contribution in [0.5, 0.6) is 0 Å². The second kappa shape index (κ2) is 5.01. The van der Waals surface area contributed by atoms with Crippen LogP contribution in [0.25, 0.3) is 0 Å². The lowest BCUT2D eigenvalue weighted by Gasteiger charge is -2.03. The normalized spacial score (nSPS) is 10.2. The fraction of sp³-hybridized carbons (Fsp3) is 0.0833. The molecule has 0 spiro atoms. The van der Waals surface area contributed by atoms with Crippen molar-refractivity contribution in [2.75, 3.05) is 0 Å². The zero-order valence-electron chi connectivity index (χ0n) is 8.73. The van der Waals surface area contributed by atoms with Crippen LogP contribution in [-0.4, -0.2) is 16.0 Å². The van der Waals surface area contributed by atoms with E-state index in [1.807, 2.05) is 0 Å². The lowest BCUT2D eigenvalue weighted by atomic mass is 10.0. The van der Waals surface area contributed by atoms with Crippen LogP contribution >= 0.6 is 11.6 Å². The molecule has 0 saturated carbocycles. The third-order valence-corrected chi connectivity index (χ3v) is 2.50. The molecule has 17 heavy (non-hydrogen) atoms. The van der Waals surface area contributed by atoms with E-state index >= 15 is 0 Å². The van der Waals surface area contributed by atoms with Crippen molar-refractivity contribution in [2.24, 2.45) is 0 Å². The van der Waals surface area contributed by atoms with Crippen LogP contribution in [0.1, 0.15) is 15.9 Å². The highest BCUT2D eigenvalue weighted by atomic mass is 35.5. The van der Waals surface area contributed by atoms with Gasteiger partial charge in [0.15, 0.2) is 5.78 Å². The van der Waals surface area contributed by atoms with Gasteiger partial charge in [0, 0.05) is 17.0 Å². The van der Waals surface area contributed by atoms with Crippen molar-refractivity contribution in [3.8, 4) is 0 Å². The Morgan fingerprint density at radius 3 is 2.82 bits per heavy atom. The monoisotopic (exact) mass is 250 g/mol. The number of Topliss-reactive ketones (excluding diaryl/α,β-unsaturated/α-hetero) is 1. The predicted octanol–water partition coefficient (Wildman–Crippen LogP) is 2.69. The van der Waals surface area contributed by atoms with E-state index in [1.54, 1.807) is 0 Å². The number of carbonyl (C=O) groups excluding carboxylic acids is 1. The highest BCUT2D eigenvalue weighted by Crippen LogP contribution is 2.16. The molecule has 1 heterocycles. The molecule has 0 saturated heterocycles. The molecule has 1 aromatic carbocycles. The summed E-state index contributed by atoms with van der Waals surface area (Å²) in [4.78, 5) is 11.8. The van der Waals surface area contributed by atoms with Gasteiger partial charge in [0.05, 0.1) is 12.4 Å². The second-order valence-electron chi connectivity index (χ2n) is 3.47. The van der Waals surface area contributed by atoms with Crippen LogP contribution in [-0.2, 0) is 6.42 Å². The van der Waals surface area contributed by atoms with Crippen LogP contribution in [0, 0.1) is 5.82 Å². The van der Waals surface area contributed by atoms with E-state index in [2.05, 4.69) is 10.2 Å². The summed E-state index contributed by atoms with van der Waals surface area (Å²) in [5.41, 5.74) is 0.679. The molecule has 0 aliphatic heterocycles. The molecular weight excluding hydrogens is 243 g/mol. The van der Waals surface area contributed by atoms with Gasteiger partial charge in [0.1, 0.15) is 5.82 Å². The quantitative estimate of drug-likeness (QED) is 0.787. The van der Waals surface area contributed by atoms with E-state index in [9.17, 15) is 9.18 Å². The summed E-state index contributed by atoms with van der Waals surface area (Å²) < 4.78 is 13.4. The lowest BCUT2D eigenvalue weighted by Crippen LogP contribution is -2.05. The molecule has 0 amide bonds. The Hall–Kier alpha value is -1.81. The fourth-order valence-electron chi connectivity index (χ4n) is 1.41. The number of rotatable bonds is 3. The van der Waals surface area contributed by atoms with Crippen LogP contribution in [0.2, 0.25) is 5.02 Å². The number of nitrogens with zero attached hydrogens (tertiary/aromatic N) is 2. The molecule has 0 aliphatic rings. The molecule has 0 radical (unpaired) electrons. The SMILES string of the molecule is O=C(Cc1cc(Cl)ccc1F)c1ccnnc1. The minimum Gasteiger partial charge on any atom is -0.294 e. The maximum Gasteiger partial charge on any atom is 0.169 e. The molecule has 0 bridgehead atoms. The summed E-state index contributed by atoms with van der Waals surface area (Å²) in [6.45, 7) is 0. The van der Waals surface area contributed by atoms with Gasteiger partial charge in [-0.15, -0.1) is 0 Å². The zero-order valence-corrected chi connectivity index (χ0v) is 9.49. The summed E-state index contributed by atoms with van der Waals surface area (Å²) in [6, 6.07) is 5.68. The summed E-state index contributed by atoms with van der Waals surface area (Å²) in [5, 5.41) is 7.57. The first kappa shape index (κ1) is 11.7. The second-order valence-corrected chi connectivity index (χ2v) is 3.90. The van der Waals surface area contributed by atoms with Gasteiger partial charge in [-0.3, -0.25) is 4.79 Å². The van der Waals surface area contributed by atoms with E-state index in [0.717, 1.165) is 0 Å². The Kier molecular flexibility index (Phi) is 3.44. The van der Waals surface area contributed by atoms with E-state index < -0.39 is 5.82 Å². The van der Waals surface area contributed by atoms with Gasteiger partial charge in [-0.05, 0) is 29.8 Å². The highest BCUT2D eigenvalue weighted by molar-refractivity contribution is 6.30. The van der Waals surface area contributed by atoms with E-state index in [0.29, 0.717) is 10.6 Å². The van der Waals surface area contributed by atoms with Crippen molar-refractivity contribution in [1.29, 1.82) is 0 Å². The first-order valence-corrected chi connectivity index (χ1v) is 5.28. The standard InChI is InChI=1S/C12H8ClFN2O/c13-10-1-2-11(14)9(5-10)6-12(17)8-3-4-15-16-7-8/h1-5,7H,6H2. The number of hydrogen-bond acceptors (Lipinski definition) is 3. The molecule has 0 fully saturated rings. The van der Waals surface area contributed by atoms with Crippen LogP contribution < -0.4 is 0 Å². The number of halogens is 2. The van der Waals surface area contributed by atoms with Gasteiger partial charge in [0.2, 0.25) is 0 Å². The number of hydrogen-bond donors (Lipinski definition) is 0. The highest BCUT2D eigenvalue weighted by Gasteiger charge is 2.11. The van der Waals surface area contributed by atoms with Gasteiger partial charge < -0.3 is 0 Å². The van der Waals surface area contributed by atoms with Gasteiger partial charge in [-0.25, -0.2) is 4.39 Å². The maximum absolute atomic E-state index is 13.4. The van der Waals surface area contributed by atoms with Gasteiger partial charge in [-0.2, -0.15) is 10.2 Å². The molecule has 2 rings (SSSR count). The average Bonchev–Trinajstić information content (AvgIpc) is 2.35. The molecule has 5 heteroatoms. The topological polar surface area (TPSA) is 42.9 Å². The third kappa shape index (κ3) is 2.85. The predicted molar refractivity (Wildman–Crippen MR) is 61.5 cm³/mol. The van der Waals surface area contributed by atoms with Crippen molar-refractivity contribution in [3.05, 3.63) is 58.6 Å². The molecule has 0 aliphatic carbocycles. The summed E-state index contributed by atoms with van der Waals surface area (Å²) in [7, 11) is 0. The molecule has 0 unspecified atom stereocenters. The number of carbonyl (C=O) groups is 1. The van der Waals surface area contributed by atoms with E-state index in [1.165, 1.54) is 36.7 Å². The average molecular weight is 251 g/mol. The Morgan fingerprint density at radius 2 is 2.12 bits per heavy atom. The molecule has 86 valence electrons. The molecule has 0 atom stereocenters. The Balaban J connectivity index is 2.22. The summed E-state index contributed by atoms with van der Waals surface area (Å²) >= 11 is 5.75. The van der Waals surface area contributed by atoms with Crippen molar-refractivity contribution >= 4 is 17.4 Å². The largest absolute Gasteiger partial charge is 0.294 e. The maximum atomic E-state index is 13.4. The van der Waals surface area contributed by atoms with Crippen molar-refractivity contribution in [3.63, 3.8) is 0 Å². The van der Waals surface area contributed by atoms with Gasteiger partial charge in [0.25, 0.3) is 0 Å². The smallest absolute Gasteiger partial charge is 0.169 e. The molecular formula is C12H8ClFN2O. The number of benzene rings is 1. The van der Waals surface area contributed by atoms with Gasteiger partial charge in [-0.1, -0.05) is 11.6 Å². The molecule has 2 aromatic rings. The van der Waals surface area contributed by atoms with E-state index in [4.69, 9.17) is 11.6 Å². The van der Waals surface area contributed by atoms with Crippen LogP contribution in [0.3, 0.4) is 0 Å². The molecule has 0 N–H and O–H groups in total. The Labute approximate surface area is 102 Å². The van der Waals surface area contributed by atoms with Crippen molar-refractivity contribution in [1.82, 2.24) is 10.2 Å². The zero-order chi connectivity index (χ0) is 12.3. The van der Waals surface area contributed by atoms with Crippen LogP contribution in [0.15, 0.2) is 36.7 Å². The summed E-state index contributed by atoms with van der Waals surface area (Å²) in [5.74, 6) is -0.661. The lowest BCUT2D eigenvalue weighted by molar-refractivity contribution is 0.0991. The Morgan fingerprint density at radius 1 is 1.29 bits per heavy atom. The molecule has 3 nitrogen and oxygen atoms in total. The van der Waals surface area contributed by atoms with Crippen LogP contribution in [0.4, 0.5) is 4.39 Å². The van der Waals surface area contributed by atoms with Crippen molar-refractivity contribution < 1.29 is 9.18 Å². The van der Waals surface area contributed by atoms with E-state index in [-0.39, 0.29) is 17.8 Å².